The van der Waals surface area contributed by atoms with Crippen LogP contribution in [0.1, 0.15) is 5.56 Å². The Morgan fingerprint density at radius 1 is 1.38 bits per heavy atom. The van der Waals surface area contributed by atoms with E-state index in [4.69, 9.17) is 0 Å². The average Bonchev–Trinajstić information content (AvgIpc) is 2.27. The van der Waals surface area contributed by atoms with Crippen molar-refractivity contribution in [3.05, 3.63) is 35.4 Å². The van der Waals surface area contributed by atoms with Crippen LogP contribution in [0.3, 0.4) is 0 Å². The SMILES string of the molecule is CN=C(NC)NCCc1ccc(F)cc1F. The van der Waals surface area contributed by atoms with Crippen LogP contribution in [0.2, 0.25) is 0 Å². The number of halogens is 2. The third-order valence-electron chi connectivity index (χ3n) is 2.16. The number of nitrogens with one attached hydrogen (secondary N) is 2. The molecular formula is C11H15F2N3. The molecule has 0 atom stereocenters. The average molecular weight is 227 g/mol. The van der Waals surface area contributed by atoms with Crippen LogP contribution in [0.25, 0.3) is 0 Å². The van der Waals surface area contributed by atoms with E-state index in [9.17, 15) is 8.78 Å². The first kappa shape index (κ1) is 12.4. The standard InChI is InChI=1S/C11H15F2N3/c1-14-11(15-2)16-6-5-8-3-4-9(12)7-10(8)13/h3-4,7H,5-6H2,1-2H3,(H2,14,15,16). The monoisotopic (exact) mass is 227 g/mol. The van der Waals surface area contributed by atoms with E-state index >= 15 is 0 Å². The fourth-order valence-electron chi connectivity index (χ4n) is 1.32. The maximum atomic E-state index is 13.2. The Balaban J connectivity index is 2.49. The Morgan fingerprint density at radius 3 is 2.69 bits per heavy atom. The summed E-state index contributed by atoms with van der Waals surface area (Å²) in [6.45, 7) is 0.538. The minimum Gasteiger partial charge on any atom is -0.359 e. The Kier molecular flexibility index (Phi) is 4.69. The van der Waals surface area contributed by atoms with E-state index in [0.717, 1.165) is 6.07 Å². The van der Waals surface area contributed by atoms with Gasteiger partial charge in [0.25, 0.3) is 0 Å². The smallest absolute Gasteiger partial charge is 0.190 e. The molecule has 0 heterocycles. The van der Waals surface area contributed by atoms with Crippen molar-refractivity contribution in [3.63, 3.8) is 0 Å². The molecule has 0 saturated carbocycles. The molecule has 5 heteroatoms. The lowest BCUT2D eigenvalue weighted by Crippen LogP contribution is -2.35. The van der Waals surface area contributed by atoms with Crippen molar-refractivity contribution in [2.75, 3.05) is 20.6 Å². The van der Waals surface area contributed by atoms with Crippen molar-refractivity contribution < 1.29 is 8.78 Å². The highest BCUT2D eigenvalue weighted by atomic mass is 19.1. The Hall–Kier alpha value is -1.65. The zero-order valence-electron chi connectivity index (χ0n) is 9.35. The topological polar surface area (TPSA) is 36.4 Å². The molecule has 1 rings (SSSR count). The van der Waals surface area contributed by atoms with Crippen LogP contribution in [0, 0.1) is 11.6 Å². The second-order valence-corrected chi connectivity index (χ2v) is 3.23. The second-order valence-electron chi connectivity index (χ2n) is 3.23. The van der Waals surface area contributed by atoms with E-state index in [1.807, 2.05) is 0 Å². The minimum absolute atomic E-state index is 0.479. The maximum Gasteiger partial charge on any atom is 0.190 e. The van der Waals surface area contributed by atoms with E-state index in [2.05, 4.69) is 15.6 Å². The van der Waals surface area contributed by atoms with E-state index in [-0.39, 0.29) is 0 Å². The van der Waals surface area contributed by atoms with Crippen LogP contribution in [-0.4, -0.2) is 26.6 Å². The summed E-state index contributed by atoms with van der Waals surface area (Å²) in [5, 5.41) is 5.83. The number of benzene rings is 1. The van der Waals surface area contributed by atoms with E-state index < -0.39 is 11.6 Å². The predicted molar refractivity (Wildman–Crippen MR) is 60.5 cm³/mol. The van der Waals surface area contributed by atoms with Gasteiger partial charge in [0.05, 0.1) is 0 Å². The van der Waals surface area contributed by atoms with Crippen molar-refractivity contribution in [2.45, 2.75) is 6.42 Å². The highest BCUT2D eigenvalue weighted by Gasteiger charge is 2.03. The van der Waals surface area contributed by atoms with Crippen molar-refractivity contribution >= 4 is 5.96 Å². The molecule has 0 radical (unpaired) electrons. The van der Waals surface area contributed by atoms with Gasteiger partial charge in [-0.1, -0.05) is 6.07 Å². The minimum atomic E-state index is -0.555. The zero-order chi connectivity index (χ0) is 12.0. The van der Waals surface area contributed by atoms with Gasteiger partial charge in [0, 0.05) is 26.7 Å². The summed E-state index contributed by atoms with van der Waals surface area (Å²) in [6.07, 6.45) is 0.479. The summed E-state index contributed by atoms with van der Waals surface area (Å²) >= 11 is 0. The molecular weight excluding hydrogens is 212 g/mol. The second kappa shape index (κ2) is 6.05. The third-order valence-corrected chi connectivity index (χ3v) is 2.16. The van der Waals surface area contributed by atoms with Crippen LogP contribution in [0.5, 0.6) is 0 Å². The third kappa shape index (κ3) is 3.49. The first-order valence-electron chi connectivity index (χ1n) is 4.99. The predicted octanol–water partition coefficient (Wildman–Crippen LogP) is 1.30. The van der Waals surface area contributed by atoms with Crippen LogP contribution in [0.4, 0.5) is 8.78 Å². The normalized spacial score (nSPS) is 11.4. The molecule has 0 aliphatic carbocycles. The van der Waals surface area contributed by atoms with E-state index in [1.54, 1.807) is 14.1 Å². The summed E-state index contributed by atoms with van der Waals surface area (Å²) < 4.78 is 25.8. The summed E-state index contributed by atoms with van der Waals surface area (Å²) in [5.74, 6) is -0.427. The summed E-state index contributed by atoms with van der Waals surface area (Å²) in [4.78, 5) is 3.91. The zero-order valence-corrected chi connectivity index (χ0v) is 9.35. The molecule has 0 fully saturated rings. The molecule has 1 aromatic carbocycles. The summed E-state index contributed by atoms with van der Waals surface area (Å²) in [6, 6.07) is 3.60. The van der Waals surface area contributed by atoms with Crippen molar-refractivity contribution in [2.24, 2.45) is 4.99 Å². The van der Waals surface area contributed by atoms with Gasteiger partial charge in [-0.3, -0.25) is 4.99 Å². The molecule has 0 saturated heterocycles. The number of rotatable bonds is 3. The molecule has 88 valence electrons. The number of hydrogen-bond donors (Lipinski definition) is 2. The van der Waals surface area contributed by atoms with Gasteiger partial charge in [0.15, 0.2) is 5.96 Å². The van der Waals surface area contributed by atoms with Gasteiger partial charge in [-0.25, -0.2) is 8.78 Å². The molecule has 1 aromatic rings. The number of nitrogens with zero attached hydrogens (tertiary/aromatic N) is 1. The molecule has 2 N–H and O–H groups in total. The van der Waals surface area contributed by atoms with Crippen LogP contribution in [-0.2, 0) is 6.42 Å². The van der Waals surface area contributed by atoms with Gasteiger partial charge in [0.2, 0.25) is 0 Å². The van der Waals surface area contributed by atoms with Gasteiger partial charge in [-0.2, -0.15) is 0 Å². The van der Waals surface area contributed by atoms with E-state index in [1.165, 1.54) is 12.1 Å². The lowest BCUT2D eigenvalue weighted by atomic mass is 10.1. The first-order valence-corrected chi connectivity index (χ1v) is 4.99. The summed E-state index contributed by atoms with van der Waals surface area (Å²) in [7, 11) is 3.39. The molecule has 0 amide bonds. The first-order chi connectivity index (χ1) is 7.67. The lowest BCUT2D eigenvalue weighted by Gasteiger charge is -2.08. The van der Waals surface area contributed by atoms with Gasteiger partial charge in [-0.15, -0.1) is 0 Å². The Morgan fingerprint density at radius 2 is 2.12 bits per heavy atom. The largest absolute Gasteiger partial charge is 0.359 e. The fraction of sp³-hybridized carbons (Fsp3) is 0.364. The van der Waals surface area contributed by atoms with Gasteiger partial charge in [0.1, 0.15) is 11.6 Å². The van der Waals surface area contributed by atoms with Crippen LogP contribution < -0.4 is 10.6 Å². The highest BCUT2D eigenvalue weighted by molar-refractivity contribution is 5.79. The lowest BCUT2D eigenvalue weighted by molar-refractivity contribution is 0.570. The number of aliphatic imine (C=N–C) groups is 1. The number of hydrogen-bond acceptors (Lipinski definition) is 1. The molecule has 0 aliphatic rings. The van der Waals surface area contributed by atoms with Crippen molar-refractivity contribution in [3.8, 4) is 0 Å². The highest BCUT2D eigenvalue weighted by Crippen LogP contribution is 2.09. The Labute approximate surface area is 93.6 Å². The molecule has 0 bridgehead atoms. The summed E-state index contributed by atoms with van der Waals surface area (Å²) in [5.41, 5.74) is 0.487. The van der Waals surface area contributed by atoms with Gasteiger partial charge in [-0.05, 0) is 18.1 Å². The van der Waals surface area contributed by atoms with Crippen molar-refractivity contribution in [1.82, 2.24) is 10.6 Å². The Bertz CT molecular complexity index is 377. The molecule has 0 spiro atoms. The van der Waals surface area contributed by atoms with Gasteiger partial charge < -0.3 is 10.6 Å². The molecule has 0 aromatic heterocycles. The van der Waals surface area contributed by atoms with Gasteiger partial charge >= 0.3 is 0 Å². The van der Waals surface area contributed by atoms with E-state index in [0.29, 0.717) is 24.5 Å². The molecule has 0 unspecified atom stereocenters. The quantitative estimate of drug-likeness (QED) is 0.603. The molecule has 0 aliphatic heterocycles. The maximum absolute atomic E-state index is 13.2. The van der Waals surface area contributed by atoms with Crippen LogP contribution in [0.15, 0.2) is 23.2 Å². The molecule has 3 nitrogen and oxygen atoms in total. The fourth-order valence-corrected chi connectivity index (χ4v) is 1.32. The van der Waals surface area contributed by atoms with Crippen LogP contribution >= 0.6 is 0 Å². The number of guanidine groups is 1. The van der Waals surface area contributed by atoms with Crippen molar-refractivity contribution in [1.29, 1.82) is 0 Å². The molecule has 16 heavy (non-hydrogen) atoms.